The molecule has 1 aliphatic heterocycles. The molecule has 1 saturated carbocycles. The Morgan fingerprint density at radius 2 is 2.07 bits per heavy atom. The zero-order valence-corrected chi connectivity index (χ0v) is 8.57. The molecule has 2 aliphatic rings. The van der Waals surface area contributed by atoms with Crippen molar-refractivity contribution in [3.63, 3.8) is 0 Å². The highest BCUT2D eigenvalue weighted by molar-refractivity contribution is 5.69. The van der Waals surface area contributed by atoms with Gasteiger partial charge in [-0.05, 0) is 25.7 Å². The van der Waals surface area contributed by atoms with Gasteiger partial charge in [-0.2, -0.15) is 0 Å². The molecule has 0 N–H and O–H groups in total. The van der Waals surface area contributed by atoms with Crippen LogP contribution in [0.25, 0.3) is 0 Å². The molecule has 0 aromatic heterocycles. The average molecular weight is 199 g/mol. The summed E-state index contributed by atoms with van der Waals surface area (Å²) in [5.41, 5.74) is 0. The second-order valence-electron chi connectivity index (χ2n) is 3.97. The first-order valence-corrected chi connectivity index (χ1v) is 5.27. The zero-order chi connectivity index (χ0) is 9.97. The molecule has 0 spiro atoms. The summed E-state index contributed by atoms with van der Waals surface area (Å²) in [4.78, 5) is 13.2. The molecular formula is C10H17NO3. The number of hydrogen-bond donors (Lipinski definition) is 0. The number of cyclic esters (lactones) is 1. The molecule has 0 aromatic carbocycles. The van der Waals surface area contributed by atoms with E-state index in [0.29, 0.717) is 18.8 Å². The van der Waals surface area contributed by atoms with Crippen LogP contribution in [0.3, 0.4) is 0 Å². The van der Waals surface area contributed by atoms with Crippen LogP contribution < -0.4 is 0 Å². The fourth-order valence-electron chi connectivity index (χ4n) is 2.33. The first kappa shape index (κ1) is 9.77. The normalized spacial score (nSPS) is 33.2. The van der Waals surface area contributed by atoms with Crippen LogP contribution in [-0.4, -0.2) is 43.4 Å². The molecule has 0 atom stereocenters. The van der Waals surface area contributed by atoms with Gasteiger partial charge in [0.1, 0.15) is 6.61 Å². The van der Waals surface area contributed by atoms with Crippen LogP contribution in [0.5, 0.6) is 0 Å². The van der Waals surface area contributed by atoms with E-state index in [1.807, 2.05) is 4.90 Å². The second-order valence-corrected chi connectivity index (χ2v) is 3.97. The second kappa shape index (κ2) is 4.17. The van der Waals surface area contributed by atoms with Crippen LogP contribution in [-0.2, 0) is 9.47 Å². The van der Waals surface area contributed by atoms with Crippen LogP contribution in [0, 0.1) is 0 Å². The number of carbonyl (C=O) groups is 1. The molecule has 0 bridgehead atoms. The van der Waals surface area contributed by atoms with Crippen LogP contribution in [0.15, 0.2) is 0 Å². The lowest BCUT2D eigenvalue weighted by Gasteiger charge is -2.32. The molecule has 2 fully saturated rings. The lowest BCUT2D eigenvalue weighted by Crippen LogP contribution is -2.39. The summed E-state index contributed by atoms with van der Waals surface area (Å²) in [5, 5.41) is 0. The van der Waals surface area contributed by atoms with Gasteiger partial charge in [-0.15, -0.1) is 0 Å². The predicted molar refractivity (Wildman–Crippen MR) is 51.1 cm³/mol. The number of carbonyl (C=O) groups excluding carboxylic acids is 1. The fraction of sp³-hybridized carbons (Fsp3) is 0.900. The summed E-state index contributed by atoms with van der Waals surface area (Å²) in [7, 11) is 1.76. The maximum Gasteiger partial charge on any atom is 0.410 e. The zero-order valence-electron chi connectivity index (χ0n) is 8.57. The molecule has 2 rings (SSSR count). The van der Waals surface area contributed by atoms with Crippen molar-refractivity contribution in [1.29, 1.82) is 0 Å². The number of rotatable bonds is 2. The van der Waals surface area contributed by atoms with Crippen LogP contribution >= 0.6 is 0 Å². The first-order chi connectivity index (χ1) is 6.81. The first-order valence-electron chi connectivity index (χ1n) is 5.27. The van der Waals surface area contributed by atoms with Gasteiger partial charge in [0.15, 0.2) is 0 Å². The Kier molecular flexibility index (Phi) is 2.91. The average Bonchev–Trinajstić information content (AvgIpc) is 2.65. The van der Waals surface area contributed by atoms with Gasteiger partial charge in [-0.25, -0.2) is 4.79 Å². The van der Waals surface area contributed by atoms with E-state index >= 15 is 0 Å². The number of nitrogens with zero attached hydrogens (tertiary/aromatic N) is 1. The molecule has 14 heavy (non-hydrogen) atoms. The van der Waals surface area contributed by atoms with E-state index in [9.17, 15) is 4.79 Å². The number of ether oxygens (including phenoxy) is 2. The van der Waals surface area contributed by atoms with Gasteiger partial charge in [0.2, 0.25) is 0 Å². The monoisotopic (exact) mass is 199 g/mol. The summed E-state index contributed by atoms with van der Waals surface area (Å²) in [6.07, 6.45) is 4.48. The Balaban J connectivity index is 1.85. The molecule has 4 heteroatoms. The number of methoxy groups -OCH3 is 1. The van der Waals surface area contributed by atoms with Gasteiger partial charge in [0.05, 0.1) is 12.6 Å². The Hall–Kier alpha value is -0.770. The third-order valence-electron chi connectivity index (χ3n) is 3.21. The lowest BCUT2D eigenvalue weighted by atomic mass is 9.92. The van der Waals surface area contributed by atoms with Crippen molar-refractivity contribution in [2.75, 3.05) is 20.3 Å². The van der Waals surface area contributed by atoms with Crippen molar-refractivity contribution in [3.8, 4) is 0 Å². The van der Waals surface area contributed by atoms with E-state index in [0.717, 1.165) is 32.2 Å². The molecule has 4 nitrogen and oxygen atoms in total. The third kappa shape index (κ3) is 1.85. The highest BCUT2D eigenvalue weighted by atomic mass is 16.6. The van der Waals surface area contributed by atoms with E-state index < -0.39 is 0 Å². The summed E-state index contributed by atoms with van der Waals surface area (Å²) >= 11 is 0. The Labute approximate surface area is 84.2 Å². The molecule has 1 heterocycles. The highest BCUT2D eigenvalue weighted by Crippen LogP contribution is 2.26. The Morgan fingerprint density at radius 3 is 2.57 bits per heavy atom. The van der Waals surface area contributed by atoms with Crippen molar-refractivity contribution in [2.45, 2.75) is 37.8 Å². The molecule has 0 aromatic rings. The van der Waals surface area contributed by atoms with Gasteiger partial charge in [-0.3, -0.25) is 0 Å². The quantitative estimate of drug-likeness (QED) is 0.674. The maximum absolute atomic E-state index is 11.3. The molecule has 0 radical (unpaired) electrons. The predicted octanol–water partition coefficient (Wildman–Crippen LogP) is 1.40. The molecule has 80 valence electrons. The largest absolute Gasteiger partial charge is 0.448 e. The molecular weight excluding hydrogens is 182 g/mol. The third-order valence-corrected chi connectivity index (χ3v) is 3.21. The van der Waals surface area contributed by atoms with Crippen LogP contribution in [0.1, 0.15) is 25.7 Å². The topological polar surface area (TPSA) is 38.8 Å². The van der Waals surface area contributed by atoms with Crippen molar-refractivity contribution in [3.05, 3.63) is 0 Å². The Bertz CT molecular complexity index is 211. The van der Waals surface area contributed by atoms with Gasteiger partial charge < -0.3 is 14.4 Å². The summed E-state index contributed by atoms with van der Waals surface area (Å²) in [6, 6.07) is 0.386. The van der Waals surface area contributed by atoms with Gasteiger partial charge >= 0.3 is 6.09 Å². The number of hydrogen-bond acceptors (Lipinski definition) is 3. The molecule has 0 unspecified atom stereocenters. The molecule has 1 aliphatic carbocycles. The van der Waals surface area contributed by atoms with Crippen molar-refractivity contribution in [2.24, 2.45) is 0 Å². The maximum atomic E-state index is 11.3. The van der Waals surface area contributed by atoms with Crippen molar-refractivity contribution < 1.29 is 14.3 Å². The van der Waals surface area contributed by atoms with Crippen molar-refractivity contribution >= 4 is 6.09 Å². The minimum absolute atomic E-state index is 0.133. The van der Waals surface area contributed by atoms with E-state index in [4.69, 9.17) is 9.47 Å². The molecule has 1 saturated heterocycles. The van der Waals surface area contributed by atoms with E-state index in [2.05, 4.69) is 0 Å². The highest BCUT2D eigenvalue weighted by Gasteiger charge is 2.32. The minimum Gasteiger partial charge on any atom is -0.448 e. The van der Waals surface area contributed by atoms with Gasteiger partial charge in [0, 0.05) is 13.2 Å². The summed E-state index contributed by atoms with van der Waals surface area (Å²) in [6.45, 7) is 1.32. The summed E-state index contributed by atoms with van der Waals surface area (Å²) in [5.74, 6) is 0. The van der Waals surface area contributed by atoms with Gasteiger partial charge in [-0.1, -0.05) is 0 Å². The lowest BCUT2D eigenvalue weighted by molar-refractivity contribution is 0.0473. The van der Waals surface area contributed by atoms with Crippen molar-refractivity contribution in [1.82, 2.24) is 4.90 Å². The van der Waals surface area contributed by atoms with E-state index in [-0.39, 0.29) is 6.09 Å². The van der Waals surface area contributed by atoms with Crippen LogP contribution in [0.4, 0.5) is 4.79 Å². The smallest absolute Gasteiger partial charge is 0.410 e. The SMILES string of the molecule is COC1CCC(N2CCOC2=O)CC1. The van der Waals surface area contributed by atoms with E-state index in [1.165, 1.54) is 0 Å². The number of amides is 1. The fourth-order valence-corrected chi connectivity index (χ4v) is 2.33. The minimum atomic E-state index is -0.133. The van der Waals surface area contributed by atoms with Crippen LogP contribution in [0.2, 0.25) is 0 Å². The Morgan fingerprint density at radius 1 is 1.36 bits per heavy atom. The van der Waals surface area contributed by atoms with E-state index in [1.54, 1.807) is 7.11 Å². The van der Waals surface area contributed by atoms with Gasteiger partial charge in [0.25, 0.3) is 0 Å². The molecule has 1 amide bonds. The summed E-state index contributed by atoms with van der Waals surface area (Å²) < 4.78 is 10.2. The standard InChI is InChI=1S/C10H17NO3/c1-13-9-4-2-8(3-5-9)11-6-7-14-10(11)12/h8-9H,2-7H2,1H3.